The number of nitrogens with two attached hydrogens (primary N) is 1. The molecule has 0 aromatic rings. The number of esters is 2. The third-order valence-corrected chi connectivity index (χ3v) is 3.63. The van der Waals surface area contributed by atoms with Crippen LogP contribution in [0.15, 0.2) is 0 Å². The van der Waals surface area contributed by atoms with Crippen molar-refractivity contribution < 1.29 is 29.0 Å². The Bertz CT molecular complexity index is 418. The fourth-order valence-corrected chi connectivity index (χ4v) is 2.17. The largest absolute Gasteiger partial charge is 0.481 e. The Morgan fingerprint density at radius 3 is 2.32 bits per heavy atom. The summed E-state index contributed by atoms with van der Waals surface area (Å²) in [4.78, 5) is 44.7. The van der Waals surface area contributed by atoms with E-state index in [1.807, 2.05) is 0 Å². The summed E-state index contributed by atoms with van der Waals surface area (Å²) in [6.07, 6.45) is 0.344. The Balaban J connectivity index is 2.67. The van der Waals surface area contributed by atoms with Crippen molar-refractivity contribution in [2.45, 2.75) is 26.7 Å². The number of carbonyl (C=O) groups is 4. The van der Waals surface area contributed by atoms with Gasteiger partial charge in [-0.05, 0) is 12.8 Å². The maximum atomic E-state index is 11.4. The second kappa shape index (κ2) is 5.81. The van der Waals surface area contributed by atoms with Gasteiger partial charge in [0.1, 0.15) is 0 Å². The number of primary amides is 1. The lowest BCUT2D eigenvalue weighted by Gasteiger charge is -2.19. The van der Waals surface area contributed by atoms with Gasteiger partial charge in [0, 0.05) is 0 Å². The topological polar surface area (TPSA) is 124 Å². The fraction of sp³-hybridized carbons (Fsp3) is 0.667. The maximum Gasteiger partial charge on any atom is 0.317 e. The number of rotatable bonds is 6. The molecule has 7 nitrogen and oxygen atoms in total. The smallest absolute Gasteiger partial charge is 0.317 e. The highest BCUT2D eigenvalue weighted by Gasteiger charge is 2.42. The normalized spacial score (nSPS) is 25.8. The van der Waals surface area contributed by atoms with Crippen LogP contribution < -0.4 is 5.73 Å². The van der Waals surface area contributed by atoms with E-state index in [9.17, 15) is 19.2 Å². The van der Waals surface area contributed by atoms with Gasteiger partial charge in [0.25, 0.3) is 0 Å². The zero-order valence-electron chi connectivity index (χ0n) is 10.8. The summed E-state index contributed by atoms with van der Waals surface area (Å²) in [7, 11) is 0. The van der Waals surface area contributed by atoms with Crippen molar-refractivity contribution in [3.8, 4) is 0 Å². The van der Waals surface area contributed by atoms with E-state index < -0.39 is 47.5 Å². The van der Waals surface area contributed by atoms with Crippen molar-refractivity contribution in [2.24, 2.45) is 29.4 Å². The lowest BCUT2D eigenvalue weighted by molar-refractivity contribution is -0.153. The molecule has 19 heavy (non-hydrogen) atoms. The number of hydrogen-bond acceptors (Lipinski definition) is 5. The minimum Gasteiger partial charge on any atom is -0.481 e. The van der Waals surface area contributed by atoms with Gasteiger partial charge in [-0.15, -0.1) is 0 Å². The molecule has 0 aromatic heterocycles. The molecule has 1 amide bonds. The van der Waals surface area contributed by atoms with Crippen molar-refractivity contribution in [3.63, 3.8) is 0 Å². The molecule has 3 N–H and O–H groups in total. The van der Waals surface area contributed by atoms with Gasteiger partial charge in [-0.2, -0.15) is 0 Å². The second-order valence-corrected chi connectivity index (χ2v) is 4.85. The van der Waals surface area contributed by atoms with Crippen molar-refractivity contribution in [1.29, 1.82) is 0 Å². The van der Waals surface area contributed by atoms with Crippen LogP contribution in [-0.4, -0.2) is 28.9 Å². The Kier molecular flexibility index (Phi) is 4.63. The van der Waals surface area contributed by atoms with E-state index in [1.54, 1.807) is 6.92 Å². The zero-order valence-corrected chi connectivity index (χ0v) is 10.8. The zero-order chi connectivity index (χ0) is 14.7. The number of aliphatic carboxylic acids is 1. The second-order valence-electron chi connectivity index (χ2n) is 4.85. The molecule has 1 fully saturated rings. The van der Waals surface area contributed by atoms with Gasteiger partial charge >= 0.3 is 17.9 Å². The summed E-state index contributed by atoms with van der Waals surface area (Å²) >= 11 is 0. The summed E-state index contributed by atoms with van der Waals surface area (Å²) in [6, 6.07) is 0. The highest BCUT2D eigenvalue weighted by Crippen LogP contribution is 2.30. The minimum absolute atomic E-state index is 0.139. The highest BCUT2D eigenvalue weighted by molar-refractivity contribution is 5.96. The minimum atomic E-state index is -1.12. The Labute approximate surface area is 110 Å². The van der Waals surface area contributed by atoms with Crippen LogP contribution in [-0.2, 0) is 23.9 Å². The van der Waals surface area contributed by atoms with Crippen LogP contribution in [0.1, 0.15) is 26.7 Å². The molecule has 4 atom stereocenters. The van der Waals surface area contributed by atoms with Gasteiger partial charge in [0.2, 0.25) is 5.91 Å². The van der Waals surface area contributed by atoms with Gasteiger partial charge in [-0.1, -0.05) is 13.8 Å². The highest BCUT2D eigenvalue weighted by atomic mass is 16.6. The lowest BCUT2D eigenvalue weighted by atomic mass is 9.83. The third-order valence-electron chi connectivity index (χ3n) is 3.63. The molecule has 4 unspecified atom stereocenters. The van der Waals surface area contributed by atoms with Gasteiger partial charge in [-0.25, -0.2) is 0 Å². The number of carboxylic acids is 1. The number of hydrogen-bond donors (Lipinski definition) is 2. The van der Waals surface area contributed by atoms with Crippen molar-refractivity contribution >= 4 is 23.8 Å². The standard InChI is InChI=1S/C12H17NO6/c1-5(10(15)16)7(9(13)14)3-4-8-6(2)11(17)19-12(8)18/h5-8H,3-4H2,1-2H3,(H2,13,14)(H,15,16). The van der Waals surface area contributed by atoms with Gasteiger partial charge in [0.15, 0.2) is 0 Å². The van der Waals surface area contributed by atoms with Crippen LogP contribution in [0.5, 0.6) is 0 Å². The number of cyclic esters (lactones) is 2. The quantitative estimate of drug-likeness (QED) is 0.514. The number of ether oxygens (including phenoxy) is 1. The number of carbonyl (C=O) groups excluding carboxylic acids is 3. The summed E-state index contributed by atoms with van der Waals surface area (Å²) in [5.74, 6) is -6.05. The van der Waals surface area contributed by atoms with Crippen LogP contribution >= 0.6 is 0 Å². The predicted octanol–water partition coefficient (Wildman–Crippen LogP) is -0.0755. The van der Waals surface area contributed by atoms with Crippen LogP contribution in [0, 0.1) is 23.7 Å². The fourth-order valence-electron chi connectivity index (χ4n) is 2.17. The monoisotopic (exact) mass is 271 g/mol. The molecule has 1 rings (SSSR count). The summed E-state index contributed by atoms with van der Waals surface area (Å²) < 4.78 is 4.48. The van der Waals surface area contributed by atoms with E-state index in [0.717, 1.165) is 0 Å². The average Bonchev–Trinajstić information content (AvgIpc) is 2.54. The summed E-state index contributed by atoms with van der Waals surface area (Å²) in [6.45, 7) is 2.96. The Morgan fingerprint density at radius 1 is 1.37 bits per heavy atom. The molecule has 1 saturated heterocycles. The van der Waals surface area contributed by atoms with E-state index in [2.05, 4.69) is 4.74 Å². The van der Waals surface area contributed by atoms with Crippen LogP contribution in [0.3, 0.4) is 0 Å². The van der Waals surface area contributed by atoms with Crippen LogP contribution in [0.2, 0.25) is 0 Å². The average molecular weight is 271 g/mol. The molecular weight excluding hydrogens is 254 g/mol. The van der Waals surface area contributed by atoms with E-state index in [1.165, 1.54) is 6.92 Å². The first-order chi connectivity index (χ1) is 8.75. The molecule has 0 aromatic carbocycles. The third kappa shape index (κ3) is 3.30. The molecule has 0 bridgehead atoms. The first-order valence-corrected chi connectivity index (χ1v) is 6.03. The molecule has 7 heteroatoms. The molecular formula is C12H17NO6. The molecule has 1 aliphatic rings. The summed E-state index contributed by atoms with van der Waals surface area (Å²) in [5.41, 5.74) is 5.17. The lowest BCUT2D eigenvalue weighted by Crippen LogP contribution is -2.33. The van der Waals surface area contributed by atoms with E-state index in [0.29, 0.717) is 0 Å². The molecule has 0 saturated carbocycles. The van der Waals surface area contributed by atoms with Gasteiger partial charge in [0.05, 0.1) is 23.7 Å². The van der Waals surface area contributed by atoms with E-state index in [4.69, 9.17) is 10.8 Å². The molecule has 1 aliphatic heterocycles. The number of carboxylic acid groups (broad SMARTS) is 1. The SMILES string of the molecule is CC(C(=O)O)C(CCC1C(=O)OC(=O)C1C)C(N)=O. The van der Waals surface area contributed by atoms with E-state index in [-0.39, 0.29) is 12.8 Å². The van der Waals surface area contributed by atoms with Gasteiger partial charge in [-0.3, -0.25) is 19.2 Å². The first kappa shape index (κ1) is 15.1. The molecule has 0 aliphatic carbocycles. The van der Waals surface area contributed by atoms with E-state index >= 15 is 0 Å². The van der Waals surface area contributed by atoms with Crippen molar-refractivity contribution in [3.05, 3.63) is 0 Å². The molecule has 1 heterocycles. The Morgan fingerprint density at radius 2 is 1.95 bits per heavy atom. The van der Waals surface area contributed by atoms with Crippen LogP contribution in [0.4, 0.5) is 0 Å². The first-order valence-electron chi connectivity index (χ1n) is 6.03. The number of amides is 1. The maximum absolute atomic E-state index is 11.4. The Hall–Kier alpha value is -1.92. The van der Waals surface area contributed by atoms with Gasteiger partial charge < -0.3 is 15.6 Å². The predicted molar refractivity (Wildman–Crippen MR) is 62.5 cm³/mol. The van der Waals surface area contributed by atoms with Crippen molar-refractivity contribution in [2.75, 3.05) is 0 Å². The molecule has 0 radical (unpaired) electrons. The molecule has 106 valence electrons. The summed E-state index contributed by atoms with van der Waals surface area (Å²) in [5, 5.41) is 8.89. The van der Waals surface area contributed by atoms with Crippen LogP contribution in [0.25, 0.3) is 0 Å². The van der Waals surface area contributed by atoms with Crippen molar-refractivity contribution in [1.82, 2.24) is 0 Å². The molecule has 0 spiro atoms.